The van der Waals surface area contributed by atoms with Crippen molar-refractivity contribution in [2.45, 2.75) is 85.4 Å². The molecule has 0 radical (unpaired) electrons. The number of aromatic hydroxyl groups is 1. The van der Waals surface area contributed by atoms with Crippen molar-refractivity contribution >= 4 is 60.8 Å². The molecule has 0 fully saturated rings. The lowest BCUT2D eigenvalue weighted by atomic mass is 9.99. The Morgan fingerprint density at radius 2 is 1.41 bits per heavy atom. The maximum absolute atomic E-state index is 13.4. The summed E-state index contributed by atoms with van der Waals surface area (Å²) in [5, 5.41) is 28.6. The number of benzene rings is 1. The summed E-state index contributed by atoms with van der Waals surface area (Å²) in [6.07, 6.45) is 0.379. The van der Waals surface area contributed by atoms with E-state index < -0.39 is 61.3 Å². The fourth-order valence-electron chi connectivity index (χ4n) is 4.38. The molecule has 0 bridgehead atoms. The number of rotatable bonds is 18. The number of halogens is 1. The zero-order valence-corrected chi connectivity index (χ0v) is 28.9. The van der Waals surface area contributed by atoms with E-state index in [0.717, 1.165) is 6.07 Å². The number of phenols is 1. The van der Waals surface area contributed by atoms with E-state index in [1.54, 1.807) is 36.4 Å². The van der Waals surface area contributed by atoms with Gasteiger partial charge in [-0.15, -0.1) is 0 Å². The van der Waals surface area contributed by atoms with E-state index in [4.69, 9.17) is 0 Å². The van der Waals surface area contributed by atoms with E-state index >= 15 is 0 Å². The minimum atomic E-state index is -4.30. The molecule has 0 aliphatic carbocycles. The van der Waals surface area contributed by atoms with Crippen molar-refractivity contribution in [3.8, 4) is 5.75 Å². The number of Topliss-reactive ketones (excluding diaryl/α,β-unsaturated/α-hetero) is 1. The van der Waals surface area contributed by atoms with Gasteiger partial charge >= 0.3 is 5.69 Å². The lowest BCUT2D eigenvalue weighted by Crippen LogP contribution is -2.56. The summed E-state index contributed by atoms with van der Waals surface area (Å²) in [5.74, 6) is -2.30. The normalized spacial score (nSPS) is 13.8. The number of carbonyl (C=O) groups is 4. The molecule has 0 saturated heterocycles. The number of sulfone groups is 1. The molecule has 0 aliphatic heterocycles. The quantitative estimate of drug-likeness (QED) is 0.0981. The molecule has 246 valence electrons. The molecule has 0 aliphatic rings. The predicted molar refractivity (Wildman–Crippen MR) is 174 cm³/mol. The molecule has 0 unspecified atom stereocenters. The molecule has 15 heteroatoms. The van der Waals surface area contributed by atoms with E-state index in [1.807, 2.05) is 27.7 Å². The zero-order valence-electron chi connectivity index (χ0n) is 25.9. The Kier molecular flexibility index (Phi) is 15.6. The second kappa shape index (κ2) is 17.5. The molecular weight excluding hydrogens is 707 g/mol. The largest absolute Gasteiger partial charge is 0.501 e. The van der Waals surface area contributed by atoms with Gasteiger partial charge in [-0.2, -0.15) is 0 Å². The van der Waals surface area contributed by atoms with Crippen LogP contribution < -0.4 is 16.0 Å². The minimum Gasteiger partial charge on any atom is -0.501 e. The molecule has 0 spiro atoms. The number of nitrogens with one attached hydrogen (secondary N) is 3. The Bertz CT molecular complexity index is 1350. The van der Waals surface area contributed by atoms with E-state index in [2.05, 4.69) is 22.5 Å². The van der Waals surface area contributed by atoms with Crippen LogP contribution in [0, 0.1) is 31.4 Å². The summed E-state index contributed by atoms with van der Waals surface area (Å²) >= 11 is 1.74. The Morgan fingerprint density at radius 3 is 1.91 bits per heavy atom. The number of nitro benzene ring substituents is 1. The molecule has 1 aromatic carbocycles. The maximum Gasteiger partial charge on any atom is 0.312 e. The van der Waals surface area contributed by atoms with Crippen molar-refractivity contribution in [1.29, 1.82) is 0 Å². The third kappa shape index (κ3) is 12.6. The van der Waals surface area contributed by atoms with Crippen LogP contribution in [-0.4, -0.2) is 65.8 Å². The van der Waals surface area contributed by atoms with Gasteiger partial charge in [0.25, 0.3) is 5.12 Å². The third-order valence-electron chi connectivity index (χ3n) is 6.42. The Balaban J connectivity index is 3.11. The standard InChI is InChI=1S/C29H43IN4O9S/c1-8-44(42,43)29(39)24(11-18(6)7)33-28(38)23(10-17(4)5)32-27(37)22(9-16(2)3)31-15-20(35)12-19-13-21(30)26(36)25(14-19)34(40)41/h8,13-14,16-18,22-24,31,36H,1,9-12,15H2,2-7H3,(H,32,37)(H,33,38)/t22-,23-,24-/m0/s1. The molecule has 0 aromatic heterocycles. The average molecular weight is 751 g/mol. The van der Waals surface area contributed by atoms with Gasteiger partial charge in [0.1, 0.15) is 12.1 Å². The number of ketones is 1. The van der Waals surface area contributed by atoms with Crippen molar-refractivity contribution in [2.75, 3.05) is 6.54 Å². The highest BCUT2D eigenvalue weighted by Crippen LogP contribution is 2.32. The van der Waals surface area contributed by atoms with Crippen molar-refractivity contribution in [3.05, 3.63) is 43.4 Å². The van der Waals surface area contributed by atoms with Crippen LogP contribution in [0.4, 0.5) is 5.69 Å². The van der Waals surface area contributed by atoms with E-state index in [1.165, 1.54) is 6.07 Å². The molecule has 3 atom stereocenters. The molecule has 13 nitrogen and oxygen atoms in total. The second-order valence-electron chi connectivity index (χ2n) is 11.9. The number of phenolic OH excluding ortho intramolecular Hbond substituents is 1. The number of nitrogens with zero attached hydrogens (tertiary/aromatic N) is 1. The highest BCUT2D eigenvalue weighted by Gasteiger charge is 2.34. The van der Waals surface area contributed by atoms with Gasteiger partial charge in [-0.05, 0) is 71.2 Å². The highest BCUT2D eigenvalue weighted by atomic mass is 127. The number of carbonyl (C=O) groups excluding carboxylic acids is 4. The summed E-state index contributed by atoms with van der Waals surface area (Å²) in [4.78, 5) is 62.7. The lowest BCUT2D eigenvalue weighted by molar-refractivity contribution is -0.386. The summed E-state index contributed by atoms with van der Waals surface area (Å²) < 4.78 is 24.6. The Morgan fingerprint density at radius 1 is 0.932 bits per heavy atom. The first kappa shape index (κ1) is 39.1. The van der Waals surface area contributed by atoms with E-state index in [0.29, 0.717) is 17.4 Å². The van der Waals surface area contributed by atoms with Crippen molar-refractivity contribution in [1.82, 2.24) is 16.0 Å². The van der Waals surface area contributed by atoms with Crippen LogP contribution in [-0.2, 0) is 35.4 Å². The molecule has 1 rings (SSSR count). The summed E-state index contributed by atoms with van der Waals surface area (Å²) in [6, 6.07) is -0.724. The van der Waals surface area contributed by atoms with Crippen molar-refractivity contribution in [2.24, 2.45) is 17.8 Å². The number of nitro groups is 1. The third-order valence-corrected chi connectivity index (χ3v) is 8.52. The molecule has 0 heterocycles. The number of hydrogen-bond acceptors (Lipinski definition) is 10. The van der Waals surface area contributed by atoms with Gasteiger partial charge in [-0.25, -0.2) is 8.42 Å². The first-order valence-corrected chi connectivity index (χ1v) is 16.8. The van der Waals surface area contributed by atoms with Crippen LogP contribution in [0.25, 0.3) is 0 Å². The van der Waals surface area contributed by atoms with Crippen LogP contribution >= 0.6 is 22.6 Å². The SMILES string of the molecule is C=CS(=O)(=O)C(=O)[C@H](CC(C)C)NC(=O)[C@H](CC(C)C)NC(=O)[C@H](CC(C)C)NCC(=O)Cc1cc(I)c(O)c([N+](=O)[O-])c1. The van der Waals surface area contributed by atoms with E-state index in [9.17, 15) is 42.8 Å². The van der Waals surface area contributed by atoms with Gasteiger partial charge in [0.05, 0.1) is 21.1 Å². The fourth-order valence-corrected chi connectivity index (χ4v) is 5.77. The van der Waals surface area contributed by atoms with Gasteiger partial charge in [-0.3, -0.25) is 34.6 Å². The number of amides is 2. The topological polar surface area (TPSA) is 202 Å². The van der Waals surface area contributed by atoms with Crippen LogP contribution in [0.3, 0.4) is 0 Å². The monoisotopic (exact) mass is 750 g/mol. The van der Waals surface area contributed by atoms with Crippen LogP contribution in [0.15, 0.2) is 24.1 Å². The second-order valence-corrected chi connectivity index (χ2v) is 14.9. The molecule has 4 N–H and O–H groups in total. The molecule has 44 heavy (non-hydrogen) atoms. The van der Waals surface area contributed by atoms with E-state index in [-0.39, 0.29) is 52.9 Å². The zero-order chi connectivity index (χ0) is 33.9. The molecular formula is C29H43IN4O9S. The fraction of sp³-hybridized carbons (Fsp3) is 0.586. The highest BCUT2D eigenvalue weighted by molar-refractivity contribution is 14.1. The first-order chi connectivity index (χ1) is 20.3. The average Bonchev–Trinajstić information content (AvgIpc) is 2.90. The smallest absolute Gasteiger partial charge is 0.312 e. The Hall–Kier alpha value is -2.92. The maximum atomic E-state index is 13.4. The van der Waals surface area contributed by atoms with Crippen molar-refractivity contribution in [3.63, 3.8) is 0 Å². The van der Waals surface area contributed by atoms with Crippen LogP contribution in [0.1, 0.15) is 66.4 Å². The number of hydrogen-bond donors (Lipinski definition) is 4. The molecule has 2 amide bonds. The van der Waals surface area contributed by atoms with Crippen molar-refractivity contribution < 1.29 is 37.6 Å². The van der Waals surface area contributed by atoms with Gasteiger partial charge in [0.15, 0.2) is 5.78 Å². The van der Waals surface area contributed by atoms with Gasteiger partial charge < -0.3 is 15.7 Å². The molecule has 1 aromatic rings. The van der Waals surface area contributed by atoms with Gasteiger partial charge in [-0.1, -0.05) is 48.1 Å². The Labute approximate surface area is 272 Å². The van der Waals surface area contributed by atoms with Gasteiger partial charge in [0, 0.05) is 17.9 Å². The summed E-state index contributed by atoms with van der Waals surface area (Å²) in [6.45, 7) is 13.9. The lowest BCUT2D eigenvalue weighted by Gasteiger charge is -2.27. The molecule has 0 saturated carbocycles. The van der Waals surface area contributed by atoms with Crippen LogP contribution in [0.2, 0.25) is 0 Å². The summed E-state index contributed by atoms with van der Waals surface area (Å²) in [5.41, 5.74) is -0.188. The van der Waals surface area contributed by atoms with Gasteiger partial charge in [0.2, 0.25) is 27.4 Å². The predicted octanol–water partition coefficient (Wildman–Crippen LogP) is 3.17. The van der Waals surface area contributed by atoms with Crippen LogP contribution in [0.5, 0.6) is 5.75 Å². The minimum absolute atomic E-state index is 0.0178. The first-order valence-electron chi connectivity index (χ1n) is 14.2. The summed E-state index contributed by atoms with van der Waals surface area (Å²) in [7, 11) is -4.30.